The Bertz CT molecular complexity index is 286. The lowest BCUT2D eigenvalue weighted by molar-refractivity contribution is 0.452. The summed E-state index contributed by atoms with van der Waals surface area (Å²) in [5.41, 5.74) is 1.11. The van der Waals surface area contributed by atoms with Crippen LogP contribution in [0.1, 0.15) is 40.3 Å². The van der Waals surface area contributed by atoms with Crippen LogP contribution in [0.4, 0.5) is 0 Å². The molecule has 0 fully saturated rings. The summed E-state index contributed by atoms with van der Waals surface area (Å²) in [6.45, 7) is 10.8. The molecule has 0 unspecified atom stereocenters. The van der Waals surface area contributed by atoms with Crippen LogP contribution in [0.25, 0.3) is 0 Å². The molecule has 0 bridgehead atoms. The third-order valence-electron chi connectivity index (χ3n) is 1.79. The fourth-order valence-corrected chi connectivity index (χ4v) is 1.66. The van der Waals surface area contributed by atoms with E-state index in [2.05, 4.69) is 39.6 Å². The van der Waals surface area contributed by atoms with Gasteiger partial charge in [-0.25, -0.2) is 4.98 Å². The molecule has 3 heteroatoms. The number of nitrogens with zero attached hydrogens (tertiary/aromatic N) is 1. The predicted octanol–water partition coefficient (Wildman–Crippen LogP) is 3.72. The van der Waals surface area contributed by atoms with Gasteiger partial charge in [-0.15, -0.1) is 0 Å². The fraction of sp³-hybridized carbons (Fsp3) is 0.727. The minimum atomic E-state index is 0.0835. The number of thioether (sulfide) groups is 1. The summed E-state index contributed by atoms with van der Waals surface area (Å²) in [5.74, 6) is 1.73. The van der Waals surface area contributed by atoms with Crippen LogP contribution in [0.5, 0.6) is 0 Å². The second kappa shape index (κ2) is 4.39. The highest BCUT2D eigenvalue weighted by Crippen LogP contribution is 2.26. The molecule has 0 spiro atoms. The highest BCUT2D eigenvalue weighted by atomic mass is 32.2. The smallest absolute Gasteiger partial charge is 0.255 e. The molecule has 0 atom stereocenters. The van der Waals surface area contributed by atoms with Crippen LogP contribution in [0, 0.1) is 5.92 Å². The Kier molecular flexibility index (Phi) is 3.65. The van der Waals surface area contributed by atoms with E-state index in [0.717, 1.165) is 16.7 Å². The van der Waals surface area contributed by atoms with Gasteiger partial charge in [-0.2, -0.15) is 0 Å². The summed E-state index contributed by atoms with van der Waals surface area (Å²) in [6.07, 6.45) is 1.77. The zero-order valence-corrected chi connectivity index (χ0v) is 10.4. The molecule has 0 aliphatic rings. The summed E-state index contributed by atoms with van der Waals surface area (Å²) in [7, 11) is 0. The van der Waals surface area contributed by atoms with Crippen molar-refractivity contribution in [1.82, 2.24) is 4.98 Å². The summed E-state index contributed by atoms with van der Waals surface area (Å²) in [6, 6.07) is 0. The van der Waals surface area contributed by atoms with Crippen molar-refractivity contribution in [1.29, 1.82) is 0 Å². The Hall–Kier alpha value is -0.440. The number of hydrogen-bond donors (Lipinski definition) is 0. The molecule has 0 aliphatic heterocycles. The Balaban J connectivity index is 2.60. The summed E-state index contributed by atoms with van der Waals surface area (Å²) < 4.78 is 5.39. The van der Waals surface area contributed by atoms with Gasteiger partial charge in [0, 0.05) is 11.2 Å². The lowest BCUT2D eigenvalue weighted by Crippen LogP contribution is -2.11. The first-order valence-electron chi connectivity index (χ1n) is 4.98. The molecule has 1 aromatic heterocycles. The quantitative estimate of drug-likeness (QED) is 0.716. The van der Waals surface area contributed by atoms with Gasteiger partial charge in [0.2, 0.25) is 0 Å². The van der Waals surface area contributed by atoms with Gasteiger partial charge in [-0.05, 0) is 5.92 Å². The maximum Gasteiger partial charge on any atom is 0.255 e. The second-order valence-electron chi connectivity index (χ2n) is 4.95. The number of rotatable bonds is 3. The van der Waals surface area contributed by atoms with Gasteiger partial charge in [0.15, 0.2) is 0 Å². The van der Waals surface area contributed by atoms with Gasteiger partial charge in [0.1, 0.15) is 6.26 Å². The SMILES string of the molecule is CC(C)CSc1nc(C(C)(C)C)co1. The van der Waals surface area contributed by atoms with Crippen molar-refractivity contribution < 1.29 is 4.42 Å². The van der Waals surface area contributed by atoms with Gasteiger partial charge in [0.05, 0.1) is 5.69 Å². The maximum absolute atomic E-state index is 5.39. The lowest BCUT2D eigenvalue weighted by atomic mass is 9.93. The minimum Gasteiger partial charge on any atom is -0.440 e. The molecule has 0 saturated heterocycles. The van der Waals surface area contributed by atoms with Crippen molar-refractivity contribution in [2.24, 2.45) is 5.92 Å². The van der Waals surface area contributed by atoms with E-state index in [-0.39, 0.29) is 5.41 Å². The Morgan fingerprint density at radius 3 is 2.50 bits per heavy atom. The van der Waals surface area contributed by atoms with Crippen molar-refractivity contribution in [2.45, 2.75) is 45.3 Å². The molecule has 0 radical (unpaired) electrons. The molecule has 0 amide bonds. The van der Waals surface area contributed by atoms with E-state index >= 15 is 0 Å². The zero-order chi connectivity index (χ0) is 10.8. The Labute approximate surface area is 90.5 Å². The van der Waals surface area contributed by atoms with Crippen molar-refractivity contribution >= 4 is 11.8 Å². The Morgan fingerprint density at radius 2 is 2.07 bits per heavy atom. The topological polar surface area (TPSA) is 26.0 Å². The molecule has 80 valence electrons. The van der Waals surface area contributed by atoms with Crippen LogP contribution in [-0.2, 0) is 5.41 Å². The lowest BCUT2D eigenvalue weighted by Gasteiger charge is -2.12. The molecular formula is C11H19NOS. The third-order valence-corrected chi connectivity index (χ3v) is 3.06. The van der Waals surface area contributed by atoms with E-state index in [9.17, 15) is 0 Å². The van der Waals surface area contributed by atoms with E-state index < -0.39 is 0 Å². The van der Waals surface area contributed by atoms with Crippen LogP contribution >= 0.6 is 11.8 Å². The number of aromatic nitrogens is 1. The molecule has 0 N–H and O–H groups in total. The monoisotopic (exact) mass is 213 g/mol. The first kappa shape index (κ1) is 11.6. The van der Waals surface area contributed by atoms with Gasteiger partial charge in [-0.3, -0.25) is 0 Å². The van der Waals surface area contributed by atoms with Crippen LogP contribution < -0.4 is 0 Å². The van der Waals surface area contributed by atoms with E-state index in [1.165, 1.54) is 0 Å². The van der Waals surface area contributed by atoms with Crippen molar-refractivity contribution in [3.8, 4) is 0 Å². The highest BCUT2D eigenvalue weighted by Gasteiger charge is 2.18. The van der Waals surface area contributed by atoms with Crippen LogP contribution in [0.15, 0.2) is 15.9 Å². The van der Waals surface area contributed by atoms with Crippen molar-refractivity contribution in [2.75, 3.05) is 5.75 Å². The maximum atomic E-state index is 5.39. The van der Waals surface area contributed by atoms with Crippen molar-refractivity contribution in [3.63, 3.8) is 0 Å². The predicted molar refractivity (Wildman–Crippen MR) is 60.8 cm³/mol. The van der Waals surface area contributed by atoms with Gasteiger partial charge < -0.3 is 4.42 Å². The molecule has 1 aromatic rings. The Morgan fingerprint density at radius 1 is 1.43 bits per heavy atom. The average molecular weight is 213 g/mol. The number of oxazole rings is 1. The van der Waals surface area contributed by atoms with Crippen molar-refractivity contribution in [3.05, 3.63) is 12.0 Å². The van der Waals surface area contributed by atoms with Gasteiger partial charge in [-0.1, -0.05) is 46.4 Å². The first-order valence-corrected chi connectivity index (χ1v) is 5.97. The van der Waals surface area contributed by atoms with Crippen LogP contribution in [-0.4, -0.2) is 10.7 Å². The second-order valence-corrected chi connectivity index (χ2v) is 5.92. The molecule has 1 rings (SSSR count). The fourth-order valence-electron chi connectivity index (χ4n) is 0.906. The highest BCUT2D eigenvalue weighted by molar-refractivity contribution is 7.99. The van der Waals surface area contributed by atoms with E-state index in [4.69, 9.17) is 4.42 Å². The van der Waals surface area contributed by atoms with E-state index in [0.29, 0.717) is 5.92 Å². The summed E-state index contributed by atoms with van der Waals surface area (Å²) in [5, 5.41) is 0.795. The molecular weight excluding hydrogens is 194 g/mol. The molecule has 0 saturated carbocycles. The zero-order valence-electron chi connectivity index (χ0n) is 9.63. The van der Waals surface area contributed by atoms with Crippen LogP contribution in [0.2, 0.25) is 0 Å². The van der Waals surface area contributed by atoms with E-state index in [1.54, 1.807) is 18.0 Å². The van der Waals surface area contributed by atoms with Crippen LogP contribution in [0.3, 0.4) is 0 Å². The molecule has 1 heterocycles. The normalized spacial score (nSPS) is 12.4. The summed E-state index contributed by atoms with van der Waals surface area (Å²) >= 11 is 1.69. The van der Waals surface area contributed by atoms with E-state index in [1.807, 2.05) is 0 Å². The molecule has 0 aliphatic carbocycles. The third kappa shape index (κ3) is 3.37. The molecule has 0 aromatic carbocycles. The first-order chi connectivity index (χ1) is 6.39. The van der Waals surface area contributed by atoms with Gasteiger partial charge in [0.25, 0.3) is 5.22 Å². The minimum absolute atomic E-state index is 0.0835. The van der Waals surface area contributed by atoms with Gasteiger partial charge >= 0.3 is 0 Å². The largest absolute Gasteiger partial charge is 0.440 e. The average Bonchev–Trinajstić information content (AvgIpc) is 2.47. The standard InChI is InChI=1S/C11H19NOS/c1-8(2)7-14-10-12-9(6-13-10)11(3,4)5/h6,8H,7H2,1-5H3. The number of hydrogen-bond acceptors (Lipinski definition) is 3. The summed E-state index contributed by atoms with van der Waals surface area (Å²) in [4.78, 5) is 4.45. The molecule has 14 heavy (non-hydrogen) atoms. The molecule has 2 nitrogen and oxygen atoms in total.